The highest BCUT2D eigenvalue weighted by molar-refractivity contribution is 6.05. The van der Waals surface area contributed by atoms with Crippen molar-refractivity contribution in [2.45, 2.75) is 69.5 Å². The summed E-state index contributed by atoms with van der Waals surface area (Å²) in [6.45, 7) is 18.2. The van der Waals surface area contributed by atoms with Crippen LogP contribution >= 0.6 is 0 Å². The summed E-state index contributed by atoms with van der Waals surface area (Å²) in [4.78, 5) is 48.5. The largest absolute Gasteiger partial charge is 0.322 e. The monoisotopic (exact) mass is 523 g/mol. The highest BCUT2D eigenvalue weighted by atomic mass is 16.2. The molecular weight excluding hydrogens is 490 g/mol. The summed E-state index contributed by atoms with van der Waals surface area (Å²) in [5, 5.41) is 2.36. The van der Waals surface area contributed by atoms with Crippen molar-refractivity contribution in [3.63, 3.8) is 0 Å². The van der Waals surface area contributed by atoms with Crippen LogP contribution < -0.4 is 5.32 Å². The fourth-order valence-corrected chi connectivity index (χ4v) is 6.17. The van der Waals surface area contributed by atoms with Crippen LogP contribution in [-0.2, 0) is 28.1 Å². The van der Waals surface area contributed by atoms with Crippen molar-refractivity contribution in [3.05, 3.63) is 87.6 Å². The van der Waals surface area contributed by atoms with Crippen molar-refractivity contribution in [1.82, 2.24) is 15.1 Å². The van der Waals surface area contributed by atoms with Crippen LogP contribution in [0.1, 0.15) is 72.0 Å². The van der Waals surface area contributed by atoms with Gasteiger partial charge in [0.2, 0.25) is 11.8 Å². The maximum Gasteiger partial charge on any atom is 0.259 e. The van der Waals surface area contributed by atoms with Crippen molar-refractivity contribution < 1.29 is 14.4 Å². The van der Waals surface area contributed by atoms with Gasteiger partial charge in [-0.15, -0.1) is 0 Å². The lowest BCUT2D eigenvalue weighted by Crippen LogP contribution is -2.52. The molecule has 3 aliphatic rings. The molecular formula is C31H33N5O3. The number of amides is 3. The van der Waals surface area contributed by atoms with E-state index in [0.717, 1.165) is 69.3 Å². The molecule has 5 rings (SSSR count). The Balaban J connectivity index is 1.09. The summed E-state index contributed by atoms with van der Waals surface area (Å²) in [7, 11) is 0. The molecule has 3 aliphatic heterocycles. The molecule has 3 amide bonds. The molecule has 3 heterocycles. The highest BCUT2D eigenvalue weighted by Gasteiger charge is 2.42. The number of carbonyl (C=O) groups excluding carboxylic acids is 3. The zero-order valence-corrected chi connectivity index (χ0v) is 22.1. The molecule has 2 fully saturated rings. The second kappa shape index (κ2) is 11.4. The molecule has 1 N–H and O–H groups in total. The zero-order chi connectivity index (χ0) is 27.4. The summed E-state index contributed by atoms with van der Waals surface area (Å²) in [6, 6.07) is 12.8. The van der Waals surface area contributed by atoms with Gasteiger partial charge in [0.05, 0.1) is 6.57 Å². The van der Waals surface area contributed by atoms with Gasteiger partial charge < -0.3 is 14.6 Å². The second-order valence-electron chi connectivity index (χ2n) is 10.8. The third kappa shape index (κ3) is 5.44. The van der Waals surface area contributed by atoms with E-state index in [4.69, 9.17) is 13.1 Å². The van der Waals surface area contributed by atoms with E-state index in [1.165, 1.54) is 5.56 Å². The first-order valence-electron chi connectivity index (χ1n) is 13.8. The average molecular weight is 524 g/mol. The first kappa shape index (κ1) is 26.6. The number of benzene rings is 2. The van der Waals surface area contributed by atoms with Gasteiger partial charge in [-0.3, -0.25) is 19.7 Å². The Morgan fingerprint density at radius 3 is 2.44 bits per heavy atom. The van der Waals surface area contributed by atoms with Crippen LogP contribution in [-0.4, -0.2) is 53.2 Å². The third-order valence-corrected chi connectivity index (χ3v) is 8.53. The van der Waals surface area contributed by atoms with E-state index in [1.807, 2.05) is 36.4 Å². The Morgan fingerprint density at radius 1 is 0.974 bits per heavy atom. The number of piperidine rings is 2. The van der Waals surface area contributed by atoms with Gasteiger partial charge in [0.25, 0.3) is 11.4 Å². The number of imide groups is 1. The summed E-state index contributed by atoms with van der Waals surface area (Å²) in [5.41, 5.74) is 4.01. The lowest BCUT2D eigenvalue weighted by Gasteiger charge is -2.34. The summed E-state index contributed by atoms with van der Waals surface area (Å²) >= 11 is 0. The quantitative estimate of drug-likeness (QED) is 0.311. The fourth-order valence-electron chi connectivity index (χ4n) is 6.17. The molecule has 0 spiro atoms. The molecule has 2 aromatic rings. The molecule has 2 aromatic carbocycles. The summed E-state index contributed by atoms with van der Waals surface area (Å²) in [6.07, 6.45) is 6.33. The van der Waals surface area contributed by atoms with Crippen LogP contribution in [0.3, 0.4) is 0 Å². The van der Waals surface area contributed by atoms with Gasteiger partial charge in [-0.1, -0.05) is 42.8 Å². The van der Waals surface area contributed by atoms with Gasteiger partial charge in [0, 0.05) is 50.0 Å². The molecule has 1 unspecified atom stereocenters. The second-order valence-corrected chi connectivity index (χ2v) is 10.8. The first-order chi connectivity index (χ1) is 18.9. The third-order valence-electron chi connectivity index (χ3n) is 8.53. The molecule has 0 saturated carbocycles. The number of nitrogens with one attached hydrogen (secondary N) is 1. The Morgan fingerprint density at radius 2 is 1.74 bits per heavy atom. The molecule has 2 saturated heterocycles. The van der Waals surface area contributed by atoms with Gasteiger partial charge in [-0.25, -0.2) is 11.4 Å². The topological polar surface area (TPSA) is 78.4 Å². The minimum absolute atomic E-state index is 0.121. The Bertz CT molecular complexity index is 1350. The molecule has 0 bridgehead atoms. The van der Waals surface area contributed by atoms with Gasteiger partial charge in [0.15, 0.2) is 5.69 Å². The van der Waals surface area contributed by atoms with Crippen LogP contribution in [0.2, 0.25) is 0 Å². The fraction of sp³-hybridized carbons (Fsp3) is 0.452. The van der Waals surface area contributed by atoms with Crippen molar-refractivity contribution >= 4 is 23.4 Å². The smallest absolute Gasteiger partial charge is 0.259 e. The molecule has 0 aliphatic carbocycles. The number of carbonyl (C=O) groups is 3. The normalized spacial score (nSPS) is 20.7. The predicted molar refractivity (Wildman–Crippen MR) is 147 cm³/mol. The lowest BCUT2D eigenvalue weighted by atomic mass is 9.81. The number of hydrogen-bond donors (Lipinski definition) is 1. The number of unbranched alkanes of at least 4 members (excludes halogenated alkanes) is 2. The minimum Gasteiger partial charge on any atom is -0.322 e. The van der Waals surface area contributed by atoms with Crippen molar-refractivity contribution in [2.75, 3.05) is 19.6 Å². The molecule has 1 atom stereocenters. The van der Waals surface area contributed by atoms with E-state index in [0.29, 0.717) is 24.2 Å². The molecule has 8 nitrogen and oxygen atoms in total. The first-order valence-corrected chi connectivity index (χ1v) is 13.8. The van der Waals surface area contributed by atoms with Crippen LogP contribution in [0.5, 0.6) is 0 Å². The Hall–Kier alpha value is -4.01. The number of rotatable bonds is 8. The van der Waals surface area contributed by atoms with Crippen LogP contribution in [0.4, 0.5) is 5.69 Å². The van der Waals surface area contributed by atoms with E-state index in [-0.39, 0.29) is 24.1 Å². The van der Waals surface area contributed by atoms with Crippen molar-refractivity contribution in [1.29, 1.82) is 0 Å². The SMILES string of the molecule is [C-]#[N+]c1ccc(C2([N+]#[C-])CCN(CCCCCc3cccc4c3CN(C3CCC(=O)NC3=O)C4=O)CC2)cc1. The van der Waals surface area contributed by atoms with Crippen LogP contribution in [0.25, 0.3) is 9.69 Å². The molecule has 0 aromatic heterocycles. The number of likely N-dealkylation sites (tertiary alicyclic amines) is 1. The average Bonchev–Trinajstić information content (AvgIpc) is 3.30. The molecule has 39 heavy (non-hydrogen) atoms. The van der Waals surface area contributed by atoms with E-state index in [2.05, 4.69) is 26.0 Å². The predicted octanol–water partition coefficient (Wildman–Crippen LogP) is 4.62. The zero-order valence-electron chi connectivity index (χ0n) is 22.1. The highest BCUT2D eigenvalue weighted by Crippen LogP contribution is 2.38. The maximum absolute atomic E-state index is 13.0. The Kier molecular flexibility index (Phi) is 7.77. The number of nitrogens with zero attached hydrogens (tertiary/aromatic N) is 4. The van der Waals surface area contributed by atoms with E-state index >= 15 is 0 Å². The number of hydrogen-bond acceptors (Lipinski definition) is 4. The number of aryl methyl sites for hydroxylation is 1. The lowest BCUT2D eigenvalue weighted by molar-refractivity contribution is -0.136. The van der Waals surface area contributed by atoms with Gasteiger partial charge in [0.1, 0.15) is 6.04 Å². The maximum atomic E-state index is 13.0. The van der Waals surface area contributed by atoms with Gasteiger partial charge >= 0.3 is 0 Å². The summed E-state index contributed by atoms with van der Waals surface area (Å²) < 4.78 is 0. The Labute approximate surface area is 229 Å². The van der Waals surface area contributed by atoms with Crippen LogP contribution in [0, 0.1) is 13.1 Å². The van der Waals surface area contributed by atoms with E-state index in [9.17, 15) is 14.4 Å². The van der Waals surface area contributed by atoms with Gasteiger partial charge in [-0.2, -0.15) is 0 Å². The standard InChI is InChI=1S/C31H33N5O3/c1-32-24-12-10-23(11-13-24)31(33-2)16-19-35(20-17-31)18-5-3-4-7-22-8-6-9-25-26(22)21-36(30(25)39)27-14-15-28(37)34-29(27)38/h6,8-13,27H,3-5,7,14-21H2,(H,34,37,38). The van der Waals surface area contributed by atoms with Crippen molar-refractivity contribution in [2.24, 2.45) is 0 Å². The minimum atomic E-state index is -0.584. The summed E-state index contributed by atoms with van der Waals surface area (Å²) in [5.74, 6) is -0.772. The molecule has 0 radical (unpaired) electrons. The molecule has 200 valence electrons. The van der Waals surface area contributed by atoms with Crippen LogP contribution in [0.15, 0.2) is 42.5 Å². The van der Waals surface area contributed by atoms with E-state index in [1.54, 1.807) is 4.90 Å². The van der Waals surface area contributed by atoms with Gasteiger partial charge in [-0.05, 0) is 49.4 Å². The number of fused-ring (bicyclic) bond motifs is 1. The molecule has 8 heteroatoms. The van der Waals surface area contributed by atoms with Crippen molar-refractivity contribution in [3.8, 4) is 0 Å². The van der Waals surface area contributed by atoms with E-state index < -0.39 is 11.6 Å².